The van der Waals surface area contributed by atoms with E-state index in [2.05, 4.69) is 19.7 Å². The number of rotatable bonds is 6. The number of hydrogen-bond donors (Lipinski definition) is 0. The van der Waals surface area contributed by atoms with E-state index in [4.69, 9.17) is 4.74 Å². The molecule has 0 unspecified atom stereocenters. The zero-order valence-electron chi connectivity index (χ0n) is 13.9. The molecule has 0 saturated carbocycles. The molecule has 2 aromatic rings. The quantitative estimate of drug-likeness (QED) is 0.445. The number of ether oxygens (including phenoxy) is 2. The Hall–Kier alpha value is -3.10. The summed E-state index contributed by atoms with van der Waals surface area (Å²) in [4.78, 5) is 20.0. The van der Waals surface area contributed by atoms with Gasteiger partial charge in [0.2, 0.25) is 5.88 Å². The van der Waals surface area contributed by atoms with Crippen LogP contribution in [0.5, 0.6) is 5.88 Å². The summed E-state index contributed by atoms with van der Waals surface area (Å²) in [7, 11) is 2.47. The Kier molecular flexibility index (Phi) is 6.16. The Morgan fingerprint density at radius 2 is 1.85 bits per heavy atom. The number of halogens is 3. The van der Waals surface area contributed by atoms with Crippen LogP contribution in [0.4, 0.5) is 13.2 Å². The van der Waals surface area contributed by atoms with Gasteiger partial charge in [-0.1, -0.05) is 35.5 Å². The molecule has 0 radical (unpaired) electrons. The van der Waals surface area contributed by atoms with Crippen LogP contribution < -0.4 is 4.74 Å². The lowest BCUT2D eigenvalue weighted by Crippen LogP contribution is -2.20. The van der Waals surface area contributed by atoms with E-state index in [-0.39, 0.29) is 18.2 Å². The topological polar surface area (TPSA) is 70.0 Å². The number of benzene rings is 1. The molecule has 1 aromatic carbocycles. The molecule has 0 N–H and O–H groups in total. The van der Waals surface area contributed by atoms with Gasteiger partial charge < -0.3 is 14.3 Å². The third-order valence-electron chi connectivity index (χ3n) is 3.22. The number of esters is 1. The monoisotopic (exact) mass is 368 g/mol. The van der Waals surface area contributed by atoms with Crippen molar-refractivity contribution in [3.63, 3.8) is 0 Å². The average molecular weight is 368 g/mol. The molecule has 6 nitrogen and oxygen atoms in total. The molecule has 1 heterocycles. The van der Waals surface area contributed by atoms with Crippen molar-refractivity contribution in [1.29, 1.82) is 0 Å². The highest BCUT2D eigenvalue weighted by Gasteiger charge is 2.32. The molecule has 0 bridgehead atoms. The van der Waals surface area contributed by atoms with E-state index < -0.39 is 17.8 Å². The van der Waals surface area contributed by atoms with E-state index in [1.807, 2.05) is 0 Å². The second kappa shape index (κ2) is 8.32. The van der Waals surface area contributed by atoms with Crippen molar-refractivity contribution >= 4 is 11.7 Å². The van der Waals surface area contributed by atoms with Gasteiger partial charge in [-0.05, 0) is 11.6 Å². The Bertz CT molecular complexity index is 807. The lowest BCUT2D eigenvalue weighted by Gasteiger charge is -2.12. The number of nitrogens with zero attached hydrogens (tertiary/aromatic N) is 2. The maximum atomic E-state index is 12.7. The minimum atomic E-state index is -4.57. The van der Waals surface area contributed by atoms with Gasteiger partial charge in [0.05, 0.1) is 7.11 Å². The van der Waals surface area contributed by atoms with Crippen LogP contribution in [0.3, 0.4) is 0 Å². The van der Waals surface area contributed by atoms with E-state index in [0.717, 1.165) is 6.07 Å². The highest BCUT2D eigenvalue weighted by Crippen LogP contribution is 2.28. The molecule has 9 heteroatoms. The van der Waals surface area contributed by atoms with Gasteiger partial charge in [0, 0.05) is 11.6 Å². The Labute approximate surface area is 147 Å². The molecule has 0 fully saturated rings. The first-order chi connectivity index (χ1) is 12.4. The third-order valence-corrected chi connectivity index (χ3v) is 3.22. The van der Waals surface area contributed by atoms with Gasteiger partial charge in [-0.3, -0.25) is 0 Å². The molecule has 2 rings (SSSR count). The number of oxime groups is 1. The van der Waals surface area contributed by atoms with Crippen molar-refractivity contribution in [2.75, 3.05) is 14.2 Å². The van der Waals surface area contributed by atoms with Crippen LogP contribution in [0.1, 0.15) is 16.8 Å². The number of aromatic nitrogens is 1. The molecule has 0 atom stereocenters. The molecule has 0 aliphatic heterocycles. The Morgan fingerprint density at radius 1 is 1.12 bits per heavy atom. The minimum Gasteiger partial charge on any atom is -0.473 e. The fourth-order valence-electron chi connectivity index (χ4n) is 2.07. The maximum absolute atomic E-state index is 12.7. The first-order valence-corrected chi connectivity index (χ1v) is 7.31. The first kappa shape index (κ1) is 19.2. The third kappa shape index (κ3) is 4.71. The van der Waals surface area contributed by atoms with Crippen LogP contribution in [-0.2, 0) is 27.2 Å². The van der Waals surface area contributed by atoms with Gasteiger partial charge in [-0.25, -0.2) is 9.78 Å². The molecule has 0 aliphatic carbocycles. The van der Waals surface area contributed by atoms with Crippen LogP contribution in [0.25, 0.3) is 0 Å². The highest BCUT2D eigenvalue weighted by atomic mass is 19.4. The first-order valence-electron chi connectivity index (χ1n) is 7.31. The van der Waals surface area contributed by atoms with Crippen LogP contribution in [0, 0.1) is 0 Å². The van der Waals surface area contributed by atoms with E-state index >= 15 is 0 Å². The number of alkyl halides is 3. The molecule has 0 spiro atoms. The molecular formula is C17H15F3N2O4. The zero-order chi connectivity index (χ0) is 19.2. The number of carbonyl (C=O) groups excluding carboxylic acids is 1. The van der Waals surface area contributed by atoms with Gasteiger partial charge in [0.15, 0.2) is 5.71 Å². The van der Waals surface area contributed by atoms with E-state index in [1.54, 1.807) is 24.3 Å². The van der Waals surface area contributed by atoms with Gasteiger partial charge in [-0.2, -0.15) is 13.2 Å². The predicted octanol–water partition coefficient (Wildman–Crippen LogP) is 3.20. The summed E-state index contributed by atoms with van der Waals surface area (Å²) in [5, 5.41) is 3.65. The van der Waals surface area contributed by atoms with Gasteiger partial charge >= 0.3 is 12.1 Å². The number of pyridine rings is 1. The van der Waals surface area contributed by atoms with E-state index in [0.29, 0.717) is 11.1 Å². The molecular weight excluding hydrogens is 353 g/mol. The second-order valence-corrected chi connectivity index (χ2v) is 4.92. The van der Waals surface area contributed by atoms with Crippen molar-refractivity contribution in [3.8, 4) is 5.88 Å². The molecule has 26 heavy (non-hydrogen) atoms. The average Bonchev–Trinajstić information content (AvgIpc) is 2.64. The Balaban J connectivity index is 2.26. The highest BCUT2D eigenvalue weighted by molar-refractivity contribution is 6.43. The second-order valence-electron chi connectivity index (χ2n) is 4.92. The normalized spacial score (nSPS) is 11.8. The molecule has 0 amide bonds. The van der Waals surface area contributed by atoms with Crippen molar-refractivity contribution in [2.45, 2.75) is 12.8 Å². The lowest BCUT2D eigenvalue weighted by atomic mass is 10.0. The summed E-state index contributed by atoms with van der Waals surface area (Å²) in [6.45, 7) is -0.135. The summed E-state index contributed by atoms with van der Waals surface area (Å²) >= 11 is 0. The van der Waals surface area contributed by atoms with E-state index in [1.165, 1.54) is 26.4 Å². The van der Waals surface area contributed by atoms with Gasteiger partial charge in [0.25, 0.3) is 0 Å². The standard InChI is InChI=1S/C17H15F3N2O4/c1-24-16(23)15(22-25-2)12-7-4-3-6-11(12)10-26-14-9-5-8-13(21-14)17(18,19)20/h3-9H,10H2,1-2H3/b22-15+. The van der Waals surface area contributed by atoms with Crippen LogP contribution in [0.2, 0.25) is 0 Å². The van der Waals surface area contributed by atoms with Gasteiger partial charge in [0.1, 0.15) is 19.4 Å². The SMILES string of the molecule is CO/N=C(/C(=O)OC)c1ccccc1COc1cccc(C(F)(F)F)n1. The number of hydrogen-bond acceptors (Lipinski definition) is 6. The number of methoxy groups -OCH3 is 1. The summed E-state index contributed by atoms with van der Waals surface area (Å²) in [5.41, 5.74) is -0.285. The lowest BCUT2D eigenvalue weighted by molar-refractivity contribution is -0.141. The largest absolute Gasteiger partial charge is 0.473 e. The summed E-state index contributed by atoms with van der Waals surface area (Å²) < 4.78 is 48.2. The fourth-order valence-corrected chi connectivity index (χ4v) is 2.07. The van der Waals surface area contributed by atoms with Gasteiger partial charge in [-0.15, -0.1) is 0 Å². The molecule has 138 valence electrons. The van der Waals surface area contributed by atoms with Crippen LogP contribution >= 0.6 is 0 Å². The maximum Gasteiger partial charge on any atom is 0.433 e. The molecule has 0 aliphatic rings. The zero-order valence-corrected chi connectivity index (χ0v) is 13.9. The van der Waals surface area contributed by atoms with Crippen molar-refractivity contribution in [2.24, 2.45) is 5.16 Å². The van der Waals surface area contributed by atoms with Crippen LogP contribution in [0.15, 0.2) is 47.6 Å². The molecule has 1 aromatic heterocycles. The van der Waals surface area contributed by atoms with Crippen LogP contribution in [-0.4, -0.2) is 30.9 Å². The minimum absolute atomic E-state index is 0.0915. The van der Waals surface area contributed by atoms with Crippen molar-refractivity contribution in [3.05, 3.63) is 59.3 Å². The number of carbonyl (C=O) groups is 1. The smallest absolute Gasteiger partial charge is 0.433 e. The summed E-state index contributed by atoms with van der Waals surface area (Å²) in [5.74, 6) is -0.922. The molecule has 0 saturated heterocycles. The predicted molar refractivity (Wildman–Crippen MR) is 85.6 cm³/mol. The summed E-state index contributed by atoms with van der Waals surface area (Å²) in [6, 6.07) is 9.93. The Morgan fingerprint density at radius 3 is 2.50 bits per heavy atom. The van der Waals surface area contributed by atoms with E-state index in [9.17, 15) is 18.0 Å². The fraction of sp³-hybridized carbons (Fsp3) is 0.235. The summed E-state index contributed by atoms with van der Waals surface area (Å²) in [6.07, 6.45) is -4.57. The van der Waals surface area contributed by atoms with Crippen molar-refractivity contribution in [1.82, 2.24) is 4.98 Å². The van der Waals surface area contributed by atoms with Crippen molar-refractivity contribution < 1.29 is 32.3 Å².